The number of imidazole rings is 1. The molecule has 10 aromatic rings. The Kier molecular flexibility index (Phi) is 10.9. The molecule has 279 valence electrons. The fraction of sp³-hybridized carbons (Fsp3) is 0.0588. The van der Waals surface area contributed by atoms with Crippen LogP contribution in [0.5, 0.6) is 0 Å². The molecule has 0 saturated heterocycles. The minimum atomic E-state index is -1.72. The van der Waals surface area contributed by atoms with Crippen LogP contribution in [0.1, 0.15) is 0 Å². The first kappa shape index (κ1) is 38.0. The van der Waals surface area contributed by atoms with E-state index in [1.807, 2.05) is 66.9 Å². The van der Waals surface area contributed by atoms with Crippen molar-refractivity contribution in [3.8, 4) is 50.6 Å². The summed E-state index contributed by atoms with van der Waals surface area (Å²) < 4.78 is 10.2. The van der Waals surface area contributed by atoms with Crippen molar-refractivity contribution in [1.29, 1.82) is 0 Å². The van der Waals surface area contributed by atoms with Crippen molar-refractivity contribution < 1.29 is 24.5 Å². The molecule has 57 heavy (non-hydrogen) atoms. The molecule has 3 heterocycles. The second kappa shape index (κ2) is 16.3. The second-order valence-corrected chi connectivity index (χ2v) is 25.5. The van der Waals surface area contributed by atoms with Gasteiger partial charge < -0.3 is 8.98 Å². The van der Waals surface area contributed by atoms with Crippen molar-refractivity contribution in [1.82, 2.24) is 14.5 Å². The van der Waals surface area contributed by atoms with E-state index in [-0.39, 0.29) is 20.1 Å². The number of furan rings is 1. The van der Waals surface area contributed by atoms with Gasteiger partial charge in [-0.1, -0.05) is 114 Å². The molecule has 10 rings (SSSR count). The molecule has 0 spiro atoms. The van der Waals surface area contributed by atoms with Crippen molar-refractivity contribution in [2.45, 2.75) is 17.3 Å². The van der Waals surface area contributed by atoms with Crippen LogP contribution in [-0.4, -0.2) is 27.8 Å². The van der Waals surface area contributed by atoms with Crippen LogP contribution in [0.15, 0.2) is 187 Å². The molecule has 0 amide bonds. The van der Waals surface area contributed by atoms with Gasteiger partial charge >= 0.3 is 99.8 Å². The Hall–Kier alpha value is -5.85. The van der Waals surface area contributed by atoms with Gasteiger partial charge in [0.2, 0.25) is 0 Å². The molecule has 0 atom stereocenters. The number of rotatable bonds is 6. The monoisotopic (exact) mass is 976 g/mol. The van der Waals surface area contributed by atoms with Crippen LogP contribution in [0.4, 0.5) is 0 Å². The number of fused-ring (bicyclic) bond motifs is 4. The van der Waals surface area contributed by atoms with Crippen molar-refractivity contribution in [3.05, 3.63) is 194 Å². The zero-order valence-electron chi connectivity index (χ0n) is 31.9. The summed E-state index contributed by atoms with van der Waals surface area (Å²) in [7, 11) is 0. The van der Waals surface area contributed by atoms with Crippen LogP contribution in [0.25, 0.3) is 83.6 Å². The first-order valence-corrected chi connectivity index (χ1v) is 26.3. The summed E-state index contributed by atoms with van der Waals surface area (Å²) in [4.78, 5) is 9.72. The predicted octanol–water partition coefficient (Wildman–Crippen LogP) is 12.8. The molecule has 0 bridgehead atoms. The van der Waals surface area contributed by atoms with E-state index in [1.54, 1.807) is 0 Å². The predicted molar refractivity (Wildman–Crippen MR) is 235 cm³/mol. The Morgan fingerprint density at radius 2 is 1.32 bits per heavy atom. The van der Waals surface area contributed by atoms with E-state index in [0.29, 0.717) is 0 Å². The molecule has 0 aliphatic heterocycles. The molecule has 0 aliphatic rings. The maximum absolute atomic E-state index is 6.45. The smallest absolute Gasteiger partial charge is 0.120 e. The Balaban J connectivity index is 0.000000226. The van der Waals surface area contributed by atoms with E-state index < -0.39 is 13.3 Å². The molecular weight excluding hydrogens is 935 g/mol. The summed E-state index contributed by atoms with van der Waals surface area (Å²) in [5, 5.41) is 2.15. The molecule has 3 aromatic heterocycles. The molecule has 0 aliphatic carbocycles. The van der Waals surface area contributed by atoms with Gasteiger partial charge in [-0.15, -0.1) is 18.2 Å². The molecule has 7 aromatic carbocycles. The van der Waals surface area contributed by atoms with Gasteiger partial charge in [-0.3, -0.25) is 4.98 Å². The zero-order chi connectivity index (χ0) is 38.1. The SMILES string of the molecule is [CH3][Ge]([CH3])([CH3])[c]1ccc(-c2[c-]cccc2)nc1.[Ir].[c-]1ccc2c(oc3ccccc32)c1-c1nc2ccccc2n1-c1cc(-c2ccccc2)ccc1-c1ccccc1. The number of hydrogen-bond acceptors (Lipinski definition) is 3. The minimum absolute atomic E-state index is 0. The van der Waals surface area contributed by atoms with Gasteiger partial charge in [0.15, 0.2) is 0 Å². The summed E-state index contributed by atoms with van der Waals surface area (Å²) in [5.41, 5.74) is 12.2. The topological polar surface area (TPSA) is 43.9 Å². The summed E-state index contributed by atoms with van der Waals surface area (Å²) in [5.74, 6) is 7.94. The Morgan fingerprint density at radius 3 is 2.05 bits per heavy atom. The maximum Gasteiger partial charge on any atom is 0.120 e. The summed E-state index contributed by atoms with van der Waals surface area (Å²) >= 11 is -1.72. The normalized spacial score (nSPS) is 11.3. The number of nitrogens with zero attached hydrogens (tertiary/aromatic N) is 3. The minimum Gasteiger partial charge on any atom is -0.501 e. The fourth-order valence-electron chi connectivity index (χ4n) is 7.23. The van der Waals surface area contributed by atoms with E-state index in [0.717, 1.165) is 78.0 Å². The van der Waals surface area contributed by atoms with E-state index in [2.05, 4.69) is 154 Å². The Morgan fingerprint density at radius 1 is 0.596 bits per heavy atom. The van der Waals surface area contributed by atoms with Gasteiger partial charge in [-0.2, -0.15) is 0 Å². The van der Waals surface area contributed by atoms with Gasteiger partial charge in [0.1, 0.15) is 5.58 Å². The fourth-order valence-corrected chi connectivity index (χ4v) is 9.40. The summed E-state index contributed by atoms with van der Waals surface area (Å²) in [6.45, 7) is 0. The quantitative estimate of drug-likeness (QED) is 0.123. The molecule has 0 unspecified atom stereocenters. The average Bonchev–Trinajstić information content (AvgIpc) is 3.83. The van der Waals surface area contributed by atoms with E-state index in [9.17, 15) is 0 Å². The average molecular weight is 975 g/mol. The van der Waals surface area contributed by atoms with Crippen LogP contribution in [0.2, 0.25) is 17.3 Å². The third-order valence-corrected chi connectivity index (χ3v) is 14.4. The van der Waals surface area contributed by atoms with Crippen LogP contribution in [0.3, 0.4) is 0 Å². The number of pyridine rings is 1. The first-order chi connectivity index (χ1) is 27.4. The molecule has 4 nitrogen and oxygen atoms in total. The molecule has 1 radical (unpaired) electrons. The molecule has 0 fully saturated rings. The van der Waals surface area contributed by atoms with Gasteiger partial charge in [0, 0.05) is 36.7 Å². The van der Waals surface area contributed by atoms with Crippen LogP contribution >= 0.6 is 0 Å². The standard InChI is InChI=1S/C37H23N2O.C14H16GeN.Ir/c1-3-12-25(13-4-1)27-22-23-28(26-14-5-2-6-15-26)34(24-27)39-33-20-9-8-19-32(33)38-37(39)31-18-11-17-30-29-16-7-10-21-35(29)40-36(30)31;1-15(2,3)13-9-10-14(16-11-13)12-7-5-4-6-8-12;/h1-17,19-24H;4-7,9-11H,1-3H3;/q2*-1;. The number of benzene rings is 7. The summed E-state index contributed by atoms with van der Waals surface area (Å²) in [6.07, 6.45) is 2.04. The van der Waals surface area contributed by atoms with Gasteiger partial charge in [-0.05, 0) is 41.0 Å². The van der Waals surface area contributed by atoms with Gasteiger partial charge in [-0.25, -0.2) is 0 Å². The molecular formula is C51H39GeIrN3O-2. The van der Waals surface area contributed by atoms with Crippen molar-refractivity contribution in [3.63, 3.8) is 0 Å². The molecule has 0 N–H and O–H groups in total. The third kappa shape index (κ3) is 7.67. The number of hydrogen-bond donors (Lipinski definition) is 0. The second-order valence-electron chi connectivity index (χ2n) is 14.9. The zero-order valence-corrected chi connectivity index (χ0v) is 36.4. The van der Waals surface area contributed by atoms with Crippen LogP contribution < -0.4 is 4.40 Å². The Labute approximate surface area is 349 Å². The largest absolute Gasteiger partial charge is 0.501 e. The van der Waals surface area contributed by atoms with E-state index in [1.165, 1.54) is 9.96 Å². The first-order valence-electron chi connectivity index (χ1n) is 18.9. The Bertz CT molecular complexity index is 2930. The number of para-hydroxylation sites is 3. The van der Waals surface area contributed by atoms with Crippen molar-refractivity contribution in [2.24, 2.45) is 0 Å². The van der Waals surface area contributed by atoms with E-state index in [4.69, 9.17) is 9.40 Å². The van der Waals surface area contributed by atoms with Crippen molar-refractivity contribution in [2.75, 3.05) is 0 Å². The van der Waals surface area contributed by atoms with Gasteiger partial charge in [0.25, 0.3) is 0 Å². The third-order valence-electron chi connectivity index (χ3n) is 10.2. The maximum atomic E-state index is 6.45. The van der Waals surface area contributed by atoms with Gasteiger partial charge in [0.05, 0.1) is 22.4 Å². The van der Waals surface area contributed by atoms with Crippen molar-refractivity contribution >= 4 is 50.6 Å². The number of aromatic nitrogens is 3. The van der Waals surface area contributed by atoms with Crippen LogP contribution in [-0.2, 0) is 20.1 Å². The molecule has 0 saturated carbocycles. The summed E-state index contributed by atoms with van der Waals surface area (Å²) in [6, 6.07) is 67.2. The molecule has 6 heteroatoms. The van der Waals surface area contributed by atoms with E-state index >= 15 is 0 Å². The van der Waals surface area contributed by atoms with Crippen LogP contribution in [0, 0.1) is 12.1 Å².